The van der Waals surface area contributed by atoms with Crippen LogP contribution in [0.5, 0.6) is 0 Å². The Kier molecular flexibility index (Phi) is 4.27. The summed E-state index contributed by atoms with van der Waals surface area (Å²) in [6.45, 7) is 4.18. The van der Waals surface area contributed by atoms with E-state index in [-0.39, 0.29) is 12.5 Å². The molecule has 0 radical (unpaired) electrons. The number of aliphatic carboxylic acids is 1. The van der Waals surface area contributed by atoms with Gasteiger partial charge in [-0.1, -0.05) is 12.1 Å². The minimum absolute atomic E-state index is 0.0679. The van der Waals surface area contributed by atoms with Gasteiger partial charge in [0.05, 0.1) is 26.2 Å². The molecule has 7 heteroatoms. The summed E-state index contributed by atoms with van der Waals surface area (Å²) >= 11 is 0. The molecule has 1 aliphatic rings. The predicted molar refractivity (Wildman–Crippen MR) is 60.9 cm³/mol. The molecule has 0 saturated carbocycles. The molecule has 0 bridgehead atoms. The normalized spacial score (nSPS) is 21.1. The Labute approximate surface area is 105 Å². The van der Waals surface area contributed by atoms with Crippen LogP contribution >= 0.6 is 0 Å². The molecule has 2 heterocycles. The van der Waals surface area contributed by atoms with Gasteiger partial charge in [0.15, 0.2) is 5.82 Å². The van der Waals surface area contributed by atoms with Crippen molar-refractivity contribution in [1.29, 1.82) is 0 Å². The Morgan fingerprint density at radius 2 is 2.44 bits per heavy atom. The van der Waals surface area contributed by atoms with Gasteiger partial charge in [-0.3, -0.25) is 9.69 Å². The molecule has 1 fully saturated rings. The fourth-order valence-electron chi connectivity index (χ4n) is 1.97. The first-order valence-electron chi connectivity index (χ1n) is 6.04. The van der Waals surface area contributed by atoms with Crippen molar-refractivity contribution in [1.82, 2.24) is 15.0 Å². The average molecular weight is 255 g/mol. The molecule has 2 rings (SSSR count). The topological polar surface area (TPSA) is 88.7 Å². The summed E-state index contributed by atoms with van der Waals surface area (Å²) < 4.78 is 10.3. The second-order valence-electron chi connectivity index (χ2n) is 4.25. The predicted octanol–water partition coefficient (Wildman–Crippen LogP) is 0.307. The van der Waals surface area contributed by atoms with Crippen molar-refractivity contribution in [2.75, 3.05) is 19.8 Å². The van der Waals surface area contributed by atoms with E-state index >= 15 is 0 Å². The van der Waals surface area contributed by atoms with Crippen molar-refractivity contribution in [3.63, 3.8) is 0 Å². The van der Waals surface area contributed by atoms with E-state index in [4.69, 9.17) is 14.4 Å². The molecule has 0 spiro atoms. The summed E-state index contributed by atoms with van der Waals surface area (Å²) in [4.78, 5) is 17.0. The van der Waals surface area contributed by atoms with Crippen molar-refractivity contribution >= 4 is 5.97 Å². The lowest BCUT2D eigenvalue weighted by atomic mass is 10.1. The molecule has 1 saturated heterocycles. The monoisotopic (exact) mass is 255 g/mol. The minimum atomic E-state index is -0.821. The Balaban J connectivity index is 1.98. The molecule has 1 aromatic heterocycles. The smallest absolute Gasteiger partial charge is 0.305 e. The molecule has 0 aromatic carbocycles. The van der Waals surface area contributed by atoms with Crippen LogP contribution in [0.4, 0.5) is 0 Å². The van der Waals surface area contributed by atoms with E-state index in [2.05, 4.69) is 10.1 Å². The number of aromatic nitrogens is 2. The first kappa shape index (κ1) is 13.0. The lowest BCUT2D eigenvalue weighted by molar-refractivity contribution is -0.140. The molecular weight excluding hydrogens is 238 g/mol. The van der Waals surface area contributed by atoms with Gasteiger partial charge in [0.25, 0.3) is 0 Å². The summed E-state index contributed by atoms with van der Waals surface area (Å²) in [7, 11) is 0. The molecule has 0 amide bonds. The van der Waals surface area contributed by atoms with E-state index in [0.717, 1.165) is 0 Å². The number of nitrogens with zero attached hydrogens (tertiary/aromatic N) is 3. The Bertz CT molecular complexity index is 407. The summed E-state index contributed by atoms with van der Waals surface area (Å²) in [5.74, 6) is 0.384. The molecule has 1 atom stereocenters. The van der Waals surface area contributed by atoms with Crippen LogP contribution in [0.3, 0.4) is 0 Å². The third-order valence-electron chi connectivity index (χ3n) is 2.92. The number of morpholine rings is 1. The van der Waals surface area contributed by atoms with Gasteiger partial charge in [-0.05, 0) is 0 Å². The number of ether oxygens (including phenoxy) is 1. The summed E-state index contributed by atoms with van der Waals surface area (Å²) in [5, 5.41) is 12.7. The molecule has 1 aliphatic heterocycles. The Morgan fingerprint density at radius 1 is 1.61 bits per heavy atom. The highest BCUT2D eigenvalue weighted by molar-refractivity contribution is 5.67. The van der Waals surface area contributed by atoms with Crippen LogP contribution in [-0.2, 0) is 22.5 Å². The number of hydrogen-bond donors (Lipinski definition) is 1. The van der Waals surface area contributed by atoms with Gasteiger partial charge in [-0.2, -0.15) is 4.98 Å². The standard InChI is InChI=1S/C11H17N3O4/c1-2-10-12-9(13-18-10)6-14-3-4-17-7-8(14)5-11(15)16/h8H,2-7H2,1H3,(H,15,16). The maximum atomic E-state index is 10.8. The van der Waals surface area contributed by atoms with E-state index < -0.39 is 5.97 Å². The fraction of sp³-hybridized carbons (Fsp3) is 0.727. The van der Waals surface area contributed by atoms with Crippen LogP contribution in [0.25, 0.3) is 0 Å². The maximum Gasteiger partial charge on any atom is 0.305 e. The van der Waals surface area contributed by atoms with Crippen molar-refractivity contribution in [2.24, 2.45) is 0 Å². The number of hydrogen-bond acceptors (Lipinski definition) is 6. The molecule has 0 aliphatic carbocycles. The van der Waals surface area contributed by atoms with Crippen LogP contribution in [-0.4, -0.2) is 51.9 Å². The van der Waals surface area contributed by atoms with Gasteiger partial charge in [-0.25, -0.2) is 0 Å². The maximum absolute atomic E-state index is 10.8. The summed E-state index contributed by atoms with van der Waals surface area (Å²) in [5.41, 5.74) is 0. The zero-order valence-corrected chi connectivity index (χ0v) is 10.3. The largest absolute Gasteiger partial charge is 0.481 e. The molecule has 1 N–H and O–H groups in total. The highest BCUT2D eigenvalue weighted by Gasteiger charge is 2.26. The quantitative estimate of drug-likeness (QED) is 0.809. The highest BCUT2D eigenvalue weighted by atomic mass is 16.5. The first-order chi connectivity index (χ1) is 8.69. The van der Waals surface area contributed by atoms with Crippen LogP contribution in [0.15, 0.2) is 4.52 Å². The number of rotatable bonds is 5. The summed E-state index contributed by atoms with van der Waals surface area (Å²) in [6.07, 6.45) is 0.771. The van der Waals surface area contributed by atoms with Gasteiger partial charge in [0.1, 0.15) is 0 Å². The third kappa shape index (κ3) is 3.27. The summed E-state index contributed by atoms with van der Waals surface area (Å²) in [6, 6.07) is -0.125. The van der Waals surface area contributed by atoms with E-state index in [9.17, 15) is 4.79 Å². The van der Waals surface area contributed by atoms with Gasteiger partial charge in [0, 0.05) is 19.0 Å². The second kappa shape index (κ2) is 5.92. The van der Waals surface area contributed by atoms with Crippen molar-refractivity contribution in [3.8, 4) is 0 Å². The number of carbonyl (C=O) groups is 1. The van der Waals surface area contributed by atoms with Gasteiger partial charge < -0.3 is 14.4 Å². The van der Waals surface area contributed by atoms with E-state index in [1.165, 1.54) is 0 Å². The van der Waals surface area contributed by atoms with Gasteiger partial charge in [-0.15, -0.1) is 0 Å². The van der Waals surface area contributed by atoms with Crippen LogP contribution in [0.2, 0.25) is 0 Å². The second-order valence-corrected chi connectivity index (χ2v) is 4.25. The lowest BCUT2D eigenvalue weighted by Gasteiger charge is -2.33. The molecule has 18 heavy (non-hydrogen) atoms. The van der Waals surface area contributed by atoms with E-state index in [0.29, 0.717) is 44.4 Å². The van der Waals surface area contributed by atoms with E-state index in [1.807, 2.05) is 11.8 Å². The third-order valence-corrected chi connectivity index (χ3v) is 2.92. The van der Waals surface area contributed by atoms with Crippen molar-refractivity contribution < 1.29 is 19.2 Å². The van der Waals surface area contributed by atoms with Crippen molar-refractivity contribution in [2.45, 2.75) is 32.4 Å². The Morgan fingerprint density at radius 3 is 3.11 bits per heavy atom. The van der Waals surface area contributed by atoms with Crippen LogP contribution in [0, 0.1) is 0 Å². The number of carboxylic acids is 1. The van der Waals surface area contributed by atoms with Crippen LogP contribution in [0.1, 0.15) is 25.1 Å². The van der Waals surface area contributed by atoms with Crippen LogP contribution < -0.4 is 0 Å². The molecular formula is C11H17N3O4. The van der Waals surface area contributed by atoms with Crippen molar-refractivity contribution in [3.05, 3.63) is 11.7 Å². The number of carboxylic acid groups (broad SMARTS) is 1. The fourth-order valence-corrected chi connectivity index (χ4v) is 1.97. The highest BCUT2D eigenvalue weighted by Crippen LogP contribution is 2.13. The zero-order valence-electron chi connectivity index (χ0n) is 10.3. The first-order valence-corrected chi connectivity index (χ1v) is 6.04. The average Bonchev–Trinajstić information content (AvgIpc) is 2.79. The van der Waals surface area contributed by atoms with E-state index in [1.54, 1.807) is 0 Å². The molecule has 7 nitrogen and oxygen atoms in total. The van der Waals surface area contributed by atoms with Gasteiger partial charge >= 0.3 is 5.97 Å². The van der Waals surface area contributed by atoms with Gasteiger partial charge in [0.2, 0.25) is 5.89 Å². The molecule has 100 valence electrons. The number of aryl methyl sites for hydroxylation is 1. The minimum Gasteiger partial charge on any atom is -0.481 e. The zero-order chi connectivity index (χ0) is 13.0. The Hall–Kier alpha value is -1.47. The SMILES string of the molecule is CCc1nc(CN2CCOCC2CC(=O)O)no1. The lowest BCUT2D eigenvalue weighted by Crippen LogP contribution is -2.46. The molecule has 1 unspecified atom stereocenters. The molecule has 1 aromatic rings.